The topological polar surface area (TPSA) is 77.5 Å². The molecule has 0 aliphatic carbocycles. The highest BCUT2D eigenvalue weighted by Crippen LogP contribution is 2.16. The molecule has 3 rings (SSSR count). The van der Waals surface area contributed by atoms with E-state index in [1.54, 1.807) is 12.3 Å². The number of nitrogens with zero attached hydrogens (tertiary/aromatic N) is 2. The van der Waals surface area contributed by atoms with Crippen molar-refractivity contribution in [2.24, 2.45) is 0 Å². The van der Waals surface area contributed by atoms with Gasteiger partial charge in [-0.15, -0.1) is 0 Å². The quantitative estimate of drug-likeness (QED) is 0.234. The fourth-order valence-corrected chi connectivity index (χ4v) is 4.80. The molecule has 0 bridgehead atoms. The van der Waals surface area contributed by atoms with Crippen molar-refractivity contribution in [2.75, 3.05) is 24.5 Å². The van der Waals surface area contributed by atoms with Gasteiger partial charge in [0.25, 0.3) is 0 Å². The second kappa shape index (κ2) is 16.0. The van der Waals surface area contributed by atoms with Crippen LogP contribution in [0.3, 0.4) is 0 Å². The van der Waals surface area contributed by atoms with Crippen LogP contribution in [-0.2, 0) is 30.6 Å². The number of halogens is 2. The number of aliphatic hydroxyl groups is 1. The number of benzene rings is 2. The van der Waals surface area contributed by atoms with Crippen LogP contribution in [0.4, 0.5) is 14.6 Å². The first-order valence-corrected chi connectivity index (χ1v) is 14.2. The van der Waals surface area contributed by atoms with Crippen LogP contribution in [0.2, 0.25) is 0 Å². The third-order valence-electron chi connectivity index (χ3n) is 6.76. The minimum atomic E-state index is -0.984. The van der Waals surface area contributed by atoms with Gasteiger partial charge in [-0.25, -0.2) is 13.8 Å². The summed E-state index contributed by atoms with van der Waals surface area (Å²) in [5.74, 6) is -0.850. The zero-order valence-corrected chi connectivity index (χ0v) is 23.8. The summed E-state index contributed by atoms with van der Waals surface area (Å²) < 4.78 is 27.8. The molecule has 2 aromatic carbocycles. The number of nitrogens with one attached hydrogen (secondary N) is 2. The Morgan fingerprint density at radius 2 is 1.62 bits per heavy atom. The van der Waals surface area contributed by atoms with E-state index in [0.29, 0.717) is 12.1 Å². The highest BCUT2D eigenvalue weighted by molar-refractivity contribution is 5.79. The minimum Gasteiger partial charge on any atom is -0.390 e. The Morgan fingerprint density at radius 1 is 0.925 bits per heavy atom. The average Bonchev–Trinajstić information content (AvgIpc) is 2.92. The third kappa shape index (κ3) is 9.99. The van der Waals surface area contributed by atoms with Crippen molar-refractivity contribution >= 4 is 11.7 Å². The number of aliphatic hydroxyl groups excluding tert-OH is 1. The zero-order chi connectivity index (χ0) is 28.9. The first-order valence-electron chi connectivity index (χ1n) is 14.2. The van der Waals surface area contributed by atoms with Crippen molar-refractivity contribution in [3.8, 4) is 0 Å². The van der Waals surface area contributed by atoms with Crippen molar-refractivity contribution in [3.63, 3.8) is 0 Å². The Bertz CT molecular complexity index is 1200. The first kappa shape index (κ1) is 31.2. The lowest BCUT2D eigenvalue weighted by molar-refractivity contribution is -0.122. The van der Waals surface area contributed by atoms with Crippen molar-refractivity contribution in [1.82, 2.24) is 15.6 Å². The number of aromatic nitrogens is 1. The van der Waals surface area contributed by atoms with E-state index < -0.39 is 23.8 Å². The number of carbonyl (C=O) groups excluding carboxylic acids is 1. The van der Waals surface area contributed by atoms with Crippen LogP contribution in [0.25, 0.3) is 0 Å². The Balaban J connectivity index is 1.69. The molecule has 1 heterocycles. The number of carbonyl (C=O) groups is 1. The number of aryl methyl sites for hydroxylation is 1. The lowest BCUT2D eigenvalue weighted by Crippen LogP contribution is -2.49. The lowest BCUT2D eigenvalue weighted by Gasteiger charge is -2.25. The summed E-state index contributed by atoms with van der Waals surface area (Å²) in [5.41, 5.74) is 3.48. The predicted molar refractivity (Wildman–Crippen MR) is 156 cm³/mol. The van der Waals surface area contributed by atoms with E-state index in [0.717, 1.165) is 55.4 Å². The SMILES string of the molecule is CCCN(CCC)c1cc(CC(=O)N[C@@H](Cc2cc(F)cc(F)c2)[C@@H](O)CNCc2cccc(CC)c2)ccn1. The standard InChI is InChI=1S/C32H42F2N4O2/c1-4-12-38(13-5-2)31-18-24(10-11-36-31)19-32(40)37-29(17-26-15-27(33)20-28(34)16-26)30(39)22-35-21-25-9-7-8-23(6-3)14-25/h7-11,14-16,18,20,29-30,35,39H,4-6,12-13,17,19,21-22H2,1-3H3,(H,37,40)/t29-,30-/m0/s1. The maximum Gasteiger partial charge on any atom is 0.224 e. The Hall–Kier alpha value is -3.36. The molecular formula is C32H42F2N4O2. The van der Waals surface area contributed by atoms with Gasteiger partial charge in [-0.1, -0.05) is 45.0 Å². The smallest absolute Gasteiger partial charge is 0.224 e. The number of amides is 1. The van der Waals surface area contributed by atoms with E-state index in [4.69, 9.17) is 0 Å². The Labute approximate surface area is 236 Å². The average molecular weight is 553 g/mol. The third-order valence-corrected chi connectivity index (χ3v) is 6.76. The van der Waals surface area contributed by atoms with E-state index in [1.165, 1.54) is 17.7 Å². The van der Waals surface area contributed by atoms with Crippen LogP contribution >= 0.6 is 0 Å². The molecule has 8 heteroatoms. The van der Waals surface area contributed by atoms with Crippen molar-refractivity contribution < 1.29 is 18.7 Å². The molecule has 2 atom stereocenters. The molecule has 6 nitrogen and oxygen atoms in total. The van der Waals surface area contributed by atoms with Crippen LogP contribution in [-0.4, -0.2) is 47.8 Å². The molecule has 0 fully saturated rings. The van der Waals surface area contributed by atoms with Gasteiger partial charge in [-0.05, 0) is 72.2 Å². The van der Waals surface area contributed by atoms with Gasteiger partial charge < -0.3 is 20.6 Å². The molecule has 1 amide bonds. The van der Waals surface area contributed by atoms with E-state index in [-0.39, 0.29) is 25.3 Å². The summed E-state index contributed by atoms with van der Waals surface area (Å²) in [6.45, 7) is 8.83. The lowest BCUT2D eigenvalue weighted by atomic mass is 10.00. The summed E-state index contributed by atoms with van der Waals surface area (Å²) in [4.78, 5) is 19.8. The van der Waals surface area contributed by atoms with Crippen molar-refractivity contribution in [1.29, 1.82) is 0 Å². The minimum absolute atomic E-state index is 0.0803. The summed E-state index contributed by atoms with van der Waals surface area (Å²) >= 11 is 0. The van der Waals surface area contributed by atoms with Gasteiger partial charge >= 0.3 is 0 Å². The monoisotopic (exact) mass is 552 g/mol. The van der Waals surface area contributed by atoms with Crippen LogP contribution in [0.15, 0.2) is 60.8 Å². The van der Waals surface area contributed by atoms with Gasteiger partial charge in [-0.3, -0.25) is 4.79 Å². The molecule has 0 unspecified atom stereocenters. The maximum atomic E-state index is 13.9. The van der Waals surface area contributed by atoms with Gasteiger partial charge in [-0.2, -0.15) is 0 Å². The maximum absolute atomic E-state index is 13.9. The van der Waals surface area contributed by atoms with Gasteiger partial charge in [0, 0.05) is 38.4 Å². The number of hydrogen-bond acceptors (Lipinski definition) is 5. The molecule has 0 saturated heterocycles. The largest absolute Gasteiger partial charge is 0.390 e. The first-order chi connectivity index (χ1) is 19.3. The number of rotatable bonds is 16. The Kier molecular flexibility index (Phi) is 12.5. The van der Waals surface area contributed by atoms with E-state index in [2.05, 4.69) is 53.4 Å². The van der Waals surface area contributed by atoms with Crippen LogP contribution in [0.1, 0.15) is 55.9 Å². The molecule has 0 aliphatic rings. The molecule has 0 spiro atoms. The van der Waals surface area contributed by atoms with E-state index >= 15 is 0 Å². The molecule has 216 valence electrons. The van der Waals surface area contributed by atoms with E-state index in [1.807, 2.05) is 18.2 Å². The van der Waals surface area contributed by atoms with Crippen molar-refractivity contribution in [3.05, 3.63) is 94.7 Å². The van der Waals surface area contributed by atoms with Gasteiger partial charge in [0.2, 0.25) is 5.91 Å². The second-order valence-corrected chi connectivity index (χ2v) is 10.2. The molecular weight excluding hydrogens is 510 g/mol. The molecule has 0 radical (unpaired) electrons. The fourth-order valence-electron chi connectivity index (χ4n) is 4.80. The highest BCUT2D eigenvalue weighted by atomic mass is 19.1. The summed E-state index contributed by atoms with van der Waals surface area (Å²) in [6, 6.07) is 14.4. The summed E-state index contributed by atoms with van der Waals surface area (Å²) in [5, 5.41) is 17.2. The normalized spacial score (nSPS) is 12.7. The molecule has 1 aromatic heterocycles. The molecule has 3 aromatic rings. The van der Waals surface area contributed by atoms with E-state index in [9.17, 15) is 18.7 Å². The number of hydrogen-bond donors (Lipinski definition) is 3. The summed E-state index contributed by atoms with van der Waals surface area (Å²) in [6.07, 6.45) is 3.81. The fraction of sp³-hybridized carbons (Fsp3) is 0.438. The Morgan fingerprint density at radius 3 is 2.30 bits per heavy atom. The van der Waals surface area contributed by atoms with Crippen LogP contribution in [0.5, 0.6) is 0 Å². The molecule has 0 aliphatic heterocycles. The van der Waals surface area contributed by atoms with Crippen LogP contribution in [0, 0.1) is 11.6 Å². The molecule has 40 heavy (non-hydrogen) atoms. The number of pyridine rings is 1. The highest BCUT2D eigenvalue weighted by Gasteiger charge is 2.23. The van der Waals surface area contributed by atoms with Gasteiger partial charge in [0.05, 0.1) is 18.6 Å². The predicted octanol–water partition coefficient (Wildman–Crippen LogP) is 4.97. The molecule has 3 N–H and O–H groups in total. The second-order valence-electron chi connectivity index (χ2n) is 10.2. The molecule has 0 saturated carbocycles. The van der Waals surface area contributed by atoms with Crippen molar-refractivity contribution in [2.45, 2.75) is 71.6 Å². The van der Waals surface area contributed by atoms with Gasteiger partial charge in [0.15, 0.2) is 0 Å². The van der Waals surface area contributed by atoms with Crippen LogP contribution < -0.4 is 15.5 Å². The zero-order valence-electron chi connectivity index (χ0n) is 23.8. The summed E-state index contributed by atoms with van der Waals surface area (Å²) in [7, 11) is 0. The number of anilines is 1. The van der Waals surface area contributed by atoms with Gasteiger partial charge in [0.1, 0.15) is 17.5 Å².